The van der Waals surface area contributed by atoms with Gasteiger partial charge in [-0.05, 0) is 71.5 Å². The standard InChI is InChI=1S/C35H23NO2/c1-35(22-11-3-2-4-12-22)27-16-7-5-10-21(27)20-26-28(35)18-19-30-31(26)34(38)25-15-9-14-24-32(25)36(30)29-17-8-6-13-23(29)33(24)37/h2-19H,20H2,1H3. The summed E-state index contributed by atoms with van der Waals surface area (Å²) >= 11 is 0. The highest BCUT2D eigenvalue weighted by atomic mass is 16.1. The van der Waals surface area contributed by atoms with Crippen LogP contribution in [0.1, 0.15) is 34.7 Å². The Bertz CT molecular complexity index is 2210. The average molecular weight is 490 g/mol. The molecule has 7 aromatic rings. The van der Waals surface area contributed by atoms with Crippen molar-refractivity contribution in [3.8, 4) is 0 Å². The first-order chi connectivity index (χ1) is 18.6. The van der Waals surface area contributed by atoms with Gasteiger partial charge in [-0.25, -0.2) is 0 Å². The molecule has 0 bridgehead atoms. The maximum atomic E-state index is 14.4. The summed E-state index contributed by atoms with van der Waals surface area (Å²) in [5.74, 6) is 0. The zero-order valence-electron chi connectivity index (χ0n) is 20.9. The van der Waals surface area contributed by atoms with Crippen molar-refractivity contribution >= 4 is 38.1 Å². The number of fused-ring (bicyclic) bond motifs is 7. The molecule has 0 radical (unpaired) electrons. The molecule has 0 fully saturated rings. The van der Waals surface area contributed by atoms with E-state index in [0.29, 0.717) is 28.1 Å². The molecule has 1 atom stereocenters. The molecule has 1 unspecified atom stereocenters. The number of benzene rings is 5. The fourth-order valence-electron chi connectivity index (χ4n) is 6.97. The fraction of sp³-hybridized carbons (Fsp3) is 0.0857. The summed E-state index contributed by atoms with van der Waals surface area (Å²) in [7, 11) is 0. The zero-order valence-corrected chi connectivity index (χ0v) is 20.9. The Morgan fingerprint density at radius 1 is 0.605 bits per heavy atom. The van der Waals surface area contributed by atoms with Crippen LogP contribution in [0.5, 0.6) is 0 Å². The highest BCUT2D eigenvalue weighted by Crippen LogP contribution is 2.47. The van der Waals surface area contributed by atoms with Crippen molar-refractivity contribution in [2.75, 3.05) is 0 Å². The first-order valence-electron chi connectivity index (χ1n) is 13.0. The summed E-state index contributed by atoms with van der Waals surface area (Å²) in [6, 6.07) is 36.7. The predicted octanol–water partition coefficient (Wildman–Crippen LogP) is 6.82. The molecule has 3 heteroatoms. The molecule has 1 aliphatic rings. The van der Waals surface area contributed by atoms with Crippen molar-refractivity contribution in [2.24, 2.45) is 0 Å². The fourth-order valence-corrected chi connectivity index (χ4v) is 6.97. The topological polar surface area (TPSA) is 38.5 Å². The molecular weight excluding hydrogens is 466 g/mol. The lowest BCUT2D eigenvalue weighted by Gasteiger charge is -2.39. The van der Waals surface area contributed by atoms with Crippen molar-refractivity contribution in [3.05, 3.63) is 157 Å². The van der Waals surface area contributed by atoms with Crippen molar-refractivity contribution < 1.29 is 0 Å². The summed E-state index contributed by atoms with van der Waals surface area (Å²) in [6.07, 6.45) is 0.687. The van der Waals surface area contributed by atoms with Crippen LogP contribution >= 0.6 is 0 Å². The van der Waals surface area contributed by atoms with E-state index in [4.69, 9.17) is 0 Å². The van der Waals surface area contributed by atoms with Gasteiger partial charge in [0.15, 0.2) is 10.9 Å². The van der Waals surface area contributed by atoms with Gasteiger partial charge >= 0.3 is 0 Å². The second-order valence-corrected chi connectivity index (χ2v) is 10.5. The number of hydrogen-bond donors (Lipinski definition) is 0. The molecule has 2 aromatic heterocycles. The molecule has 0 N–H and O–H groups in total. The third kappa shape index (κ3) is 2.53. The van der Waals surface area contributed by atoms with Gasteiger partial charge < -0.3 is 4.40 Å². The lowest BCUT2D eigenvalue weighted by molar-refractivity contribution is 0.659. The van der Waals surface area contributed by atoms with Crippen LogP contribution < -0.4 is 10.9 Å². The Morgan fingerprint density at radius 2 is 1.29 bits per heavy atom. The Balaban J connectivity index is 1.62. The summed E-state index contributed by atoms with van der Waals surface area (Å²) in [5, 5.41) is 2.58. The van der Waals surface area contributed by atoms with Crippen LogP contribution in [0.15, 0.2) is 119 Å². The summed E-state index contributed by atoms with van der Waals surface area (Å²) in [4.78, 5) is 27.8. The molecule has 0 amide bonds. The van der Waals surface area contributed by atoms with E-state index in [2.05, 4.69) is 72.0 Å². The second kappa shape index (κ2) is 7.39. The number of rotatable bonds is 1. The molecule has 2 heterocycles. The SMILES string of the molecule is CC1(c2ccccc2)c2ccccc2Cc2c1ccc1c2c(=O)c2cccc3c(=O)c4ccccc4n1c32. The molecule has 0 saturated carbocycles. The molecule has 180 valence electrons. The van der Waals surface area contributed by atoms with Gasteiger partial charge in [-0.15, -0.1) is 0 Å². The number of para-hydroxylation sites is 2. The summed E-state index contributed by atoms with van der Waals surface area (Å²) in [5.41, 5.74) is 7.89. The van der Waals surface area contributed by atoms with E-state index in [1.807, 2.05) is 48.5 Å². The van der Waals surface area contributed by atoms with E-state index >= 15 is 0 Å². The normalized spacial score (nSPS) is 16.8. The minimum Gasteiger partial charge on any atom is -0.307 e. The van der Waals surface area contributed by atoms with Crippen LogP contribution in [0.25, 0.3) is 38.1 Å². The monoisotopic (exact) mass is 489 g/mol. The Labute approximate surface area is 218 Å². The van der Waals surface area contributed by atoms with Crippen LogP contribution in [0.2, 0.25) is 0 Å². The van der Waals surface area contributed by atoms with Crippen LogP contribution in [0.3, 0.4) is 0 Å². The summed E-state index contributed by atoms with van der Waals surface area (Å²) in [6.45, 7) is 2.28. The van der Waals surface area contributed by atoms with Gasteiger partial charge in [0.05, 0.1) is 21.9 Å². The summed E-state index contributed by atoms with van der Waals surface area (Å²) < 4.78 is 2.14. The number of hydrogen-bond acceptors (Lipinski definition) is 2. The van der Waals surface area contributed by atoms with Crippen LogP contribution in [-0.4, -0.2) is 4.40 Å². The molecule has 38 heavy (non-hydrogen) atoms. The maximum absolute atomic E-state index is 14.4. The van der Waals surface area contributed by atoms with Crippen LogP contribution in [-0.2, 0) is 11.8 Å². The third-order valence-corrected chi connectivity index (χ3v) is 8.71. The smallest absolute Gasteiger partial charge is 0.197 e. The lowest BCUT2D eigenvalue weighted by Crippen LogP contribution is -2.32. The lowest BCUT2D eigenvalue weighted by atomic mass is 9.63. The van der Waals surface area contributed by atoms with Gasteiger partial charge in [0.25, 0.3) is 0 Å². The number of aromatic nitrogens is 1. The van der Waals surface area contributed by atoms with E-state index < -0.39 is 5.41 Å². The van der Waals surface area contributed by atoms with Crippen molar-refractivity contribution in [2.45, 2.75) is 18.8 Å². The molecule has 8 rings (SSSR count). The third-order valence-electron chi connectivity index (χ3n) is 8.71. The van der Waals surface area contributed by atoms with Crippen molar-refractivity contribution in [1.29, 1.82) is 0 Å². The zero-order chi connectivity index (χ0) is 25.6. The van der Waals surface area contributed by atoms with E-state index in [1.54, 1.807) is 0 Å². The Morgan fingerprint density at radius 3 is 2.13 bits per heavy atom. The van der Waals surface area contributed by atoms with E-state index in [1.165, 1.54) is 16.7 Å². The van der Waals surface area contributed by atoms with Gasteiger partial charge in [-0.2, -0.15) is 0 Å². The van der Waals surface area contributed by atoms with Crippen LogP contribution in [0, 0.1) is 0 Å². The average Bonchev–Trinajstić information content (AvgIpc) is 2.97. The van der Waals surface area contributed by atoms with Gasteiger partial charge in [-0.3, -0.25) is 9.59 Å². The number of nitrogens with zero attached hydrogens (tertiary/aromatic N) is 1. The quantitative estimate of drug-likeness (QED) is 0.188. The van der Waals surface area contributed by atoms with E-state index in [9.17, 15) is 9.59 Å². The Kier molecular flexibility index (Phi) is 4.15. The van der Waals surface area contributed by atoms with Gasteiger partial charge in [-0.1, -0.05) is 78.9 Å². The number of pyridine rings is 2. The Hall–Kier alpha value is -4.76. The minimum absolute atomic E-state index is 0.00748. The molecular formula is C35H23NO2. The van der Waals surface area contributed by atoms with Crippen molar-refractivity contribution in [1.82, 2.24) is 4.40 Å². The van der Waals surface area contributed by atoms with E-state index in [-0.39, 0.29) is 10.9 Å². The molecule has 0 spiro atoms. The molecule has 0 aliphatic heterocycles. The highest BCUT2D eigenvalue weighted by Gasteiger charge is 2.39. The van der Waals surface area contributed by atoms with Crippen LogP contribution in [0.4, 0.5) is 0 Å². The maximum Gasteiger partial charge on any atom is 0.197 e. The molecule has 5 aromatic carbocycles. The molecule has 1 aliphatic carbocycles. The van der Waals surface area contributed by atoms with Gasteiger partial charge in [0.1, 0.15) is 0 Å². The second-order valence-electron chi connectivity index (χ2n) is 10.5. The molecule has 0 saturated heterocycles. The predicted molar refractivity (Wildman–Crippen MR) is 155 cm³/mol. The highest BCUT2D eigenvalue weighted by molar-refractivity contribution is 6.08. The van der Waals surface area contributed by atoms with Crippen molar-refractivity contribution in [3.63, 3.8) is 0 Å². The van der Waals surface area contributed by atoms with E-state index in [0.717, 1.165) is 27.5 Å². The first kappa shape index (κ1) is 21.3. The largest absolute Gasteiger partial charge is 0.307 e. The van der Waals surface area contributed by atoms with Gasteiger partial charge in [0.2, 0.25) is 0 Å². The first-order valence-corrected chi connectivity index (χ1v) is 13.0. The minimum atomic E-state index is -0.404. The van der Waals surface area contributed by atoms with Gasteiger partial charge in [0, 0.05) is 21.6 Å². The molecule has 3 nitrogen and oxygen atoms in total.